The molecule has 2 aromatic rings. The van der Waals surface area contributed by atoms with Gasteiger partial charge >= 0.3 is 6.61 Å². The first-order valence-electron chi connectivity index (χ1n) is 9.09. The van der Waals surface area contributed by atoms with E-state index in [2.05, 4.69) is 10.1 Å². The molecule has 0 fully saturated rings. The van der Waals surface area contributed by atoms with Gasteiger partial charge in [-0.15, -0.1) is 0 Å². The van der Waals surface area contributed by atoms with E-state index in [0.29, 0.717) is 13.0 Å². The molecule has 162 valence electrons. The number of amides is 1. The number of ether oxygens (including phenoxy) is 3. The molecule has 30 heavy (non-hydrogen) atoms. The Bertz CT molecular complexity index is 864. The number of alkyl halides is 2. The van der Waals surface area contributed by atoms with Gasteiger partial charge in [-0.3, -0.25) is 14.9 Å². The number of carbonyl (C=O) groups excluding carboxylic acids is 1. The molecule has 0 radical (unpaired) electrons. The van der Waals surface area contributed by atoms with Gasteiger partial charge in [0.25, 0.3) is 11.6 Å². The van der Waals surface area contributed by atoms with E-state index in [1.54, 1.807) is 0 Å². The Labute approximate surface area is 171 Å². The highest BCUT2D eigenvalue weighted by Crippen LogP contribution is 2.35. The Morgan fingerprint density at radius 1 is 1.20 bits per heavy atom. The van der Waals surface area contributed by atoms with Crippen LogP contribution in [0.1, 0.15) is 35.4 Å². The second-order valence-electron chi connectivity index (χ2n) is 6.19. The largest absolute Gasteiger partial charge is 0.493 e. The van der Waals surface area contributed by atoms with Gasteiger partial charge < -0.3 is 19.5 Å². The number of nitrogens with one attached hydrogen (secondary N) is 1. The van der Waals surface area contributed by atoms with Crippen molar-refractivity contribution < 1.29 is 32.7 Å². The number of benzene rings is 2. The number of carbonyl (C=O) groups is 1. The van der Waals surface area contributed by atoms with Crippen LogP contribution in [0.2, 0.25) is 0 Å². The van der Waals surface area contributed by atoms with Crippen molar-refractivity contribution in [3.8, 4) is 11.5 Å². The fraction of sp³-hybridized carbons (Fsp3) is 0.350. The Hall–Kier alpha value is -3.27. The number of hydrogen-bond acceptors (Lipinski definition) is 6. The molecular formula is C20H22F2N2O6. The zero-order valence-electron chi connectivity index (χ0n) is 16.5. The molecule has 0 spiro atoms. The molecule has 0 aromatic heterocycles. The van der Waals surface area contributed by atoms with E-state index >= 15 is 0 Å². The van der Waals surface area contributed by atoms with Gasteiger partial charge in [-0.1, -0.05) is 30.3 Å². The van der Waals surface area contributed by atoms with Crippen LogP contribution in [-0.4, -0.2) is 37.7 Å². The molecule has 1 atom stereocenters. The first-order valence-corrected chi connectivity index (χ1v) is 9.09. The van der Waals surface area contributed by atoms with E-state index in [4.69, 9.17) is 9.47 Å². The summed E-state index contributed by atoms with van der Waals surface area (Å²) in [5, 5.41) is 13.8. The van der Waals surface area contributed by atoms with Crippen LogP contribution in [-0.2, 0) is 4.74 Å². The molecule has 0 aliphatic carbocycles. The lowest BCUT2D eigenvalue weighted by atomic mass is 10.1. The fourth-order valence-corrected chi connectivity index (χ4v) is 2.68. The highest BCUT2D eigenvalue weighted by atomic mass is 19.3. The lowest BCUT2D eigenvalue weighted by molar-refractivity contribution is -0.385. The summed E-state index contributed by atoms with van der Waals surface area (Å²) in [4.78, 5) is 22.8. The van der Waals surface area contributed by atoms with Gasteiger partial charge in [-0.05, 0) is 18.9 Å². The zero-order valence-corrected chi connectivity index (χ0v) is 16.5. The highest BCUT2D eigenvalue weighted by molar-refractivity contribution is 5.99. The molecule has 8 nitrogen and oxygen atoms in total. The minimum Gasteiger partial charge on any atom is -0.493 e. The molecule has 2 aromatic carbocycles. The summed E-state index contributed by atoms with van der Waals surface area (Å²) in [5.74, 6) is -1.48. The normalized spacial score (nSPS) is 11.8. The minimum atomic E-state index is -3.20. The fourth-order valence-electron chi connectivity index (χ4n) is 2.68. The summed E-state index contributed by atoms with van der Waals surface area (Å²) in [5.41, 5.74) is 0.0327. The van der Waals surface area contributed by atoms with E-state index in [1.807, 2.05) is 37.3 Å². The molecule has 0 aliphatic heterocycles. The third-order valence-corrected chi connectivity index (χ3v) is 4.18. The molecule has 0 aliphatic rings. The molecule has 2 rings (SSSR count). The molecule has 1 unspecified atom stereocenters. The lowest BCUT2D eigenvalue weighted by Crippen LogP contribution is -2.26. The van der Waals surface area contributed by atoms with E-state index in [0.717, 1.165) is 17.7 Å². The van der Waals surface area contributed by atoms with Crippen molar-refractivity contribution in [2.24, 2.45) is 0 Å². The van der Waals surface area contributed by atoms with Crippen LogP contribution < -0.4 is 14.8 Å². The van der Waals surface area contributed by atoms with Crippen molar-refractivity contribution in [1.29, 1.82) is 0 Å². The predicted molar refractivity (Wildman–Crippen MR) is 104 cm³/mol. The van der Waals surface area contributed by atoms with Crippen LogP contribution in [0.5, 0.6) is 11.5 Å². The average Bonchev–Trinajstić information content (AvgIpc) is 2.73. The number of hydrogen-bond donors (Lipinski definition) is 1. The maximum atomic E-state index is 12.5. The molecule has 0 saturated heterocycles. The van der Waals surface area contributed by atoms with Crippen molar-refractivity contribution in [2.75, 3.05) is 20.3 Å². The van der Waals surface area contributed by atoms with E-state index in [9.17, 15) is 23.7 Å². The van der Waals surface area contributed by atoms with Crippen molar-refractivity contribution in [2.45, 2.75) is 26.1 Å². The van der Waals surface area contributed by atoms with Crippen LogP contribution in [0.25, 0.3) is 0 Å². The van der Waals surface area contributed by atoms with Crippen molar-refractivity contribution in [1.82, 2.24) is 5.32 Å². The van der Waals surface area contributed by atoms with Gasteiger partial charge in [0.2, 0.25) is 0 Å². The number of nitro groups is 1. The Kier molecular flexibility index (Phi) is 8.48. The SMILES string of the molecule is COc1cc(C(=O)NCCCOC(C)c2ccccc2)c([N+](=O)[O-])cc1OC(F)F. The smallest absolute Gasteiger partial charge is 0.387 e. The highest BCUT2D eigenvalue weighted by Gasteiger charge is 2.25. The van der Waals surface area contributed by atoms with Gasteiger partial charge in [0.05, 0.1) is 24.2 Å². The lowest BCUT2D eigenvalue weighted by Gasteiger charge is -2.14. The van der Waals surface area contributed by atoms with E-state index in [1.165, 1.54) is 7.11 Å². The number of nitrogens with zero attached hydrogens (tertiary/aromatic N) is 1. The van der Waals surface area contributed by atoms with Crippen LogP contribution in [0.3, 0.4) is 0 Å². The second kappa shape index (κ2) is 11.1. The van der Waals surface area contributed by atoms with Gasteiger partial charge in [-0.2, -0.15) is 8.78 Å². The Balaban J connectivity index is 1.96. The van der Waals surface area contributed by atoms with Crippen molar-refractivity contribution >= 4 is 11.6 Å². The van der Waals surface area contributed by atoms with Gasteiger partial charge in [0.15, 0.2) is 11.5 Å². The van der Waals surface area contributed by atoms with Crippen LogP contribution in [0, 0.1) is 10.1 Å². The summed E-state index contributed by atoms with van der Waals surface area (Å²) < 4.78 is 39.8. The summed E-state index contributed by atoms with van der Waals surface area (Å²) >= 11 is 0. The zero-order chi connectivity index (χ0) is 22.1. The quantitative estimate of drug-likeness (QED) is 0.331. The summed E-state index contributed by atoms with van der Waals surface area (Å²) in [7, 11) is 1.17. The number of methoxy groups -OCH3 is 1. The minimum absolute atomic E-state index is 0.116. The summed E-state index contributed by atoms with van der Waals surface area (Å²) in [6.07, 6.45) is 0.357. The molecule has 0 bridgehead atoms. The average molecular weight is 424 g/mol. The van der Waals surface area contributed by atoms with Gasteiger partial charge in [-0.25, -0.2) is 0 Å². The van der Waals surface area contributed by atoms with Crippen molar-refractivity contribution in [3.63, 3.8) is 0 Å². The molecular weight excluding hydrogens is 402 g/mol. The van der Waals surface area contributed by atoms with Crippen LogP contribution in [0.4, 0.5) is 14.5 Å². The molecule has 0 heterocycles. The van der Waals surface area contributed by atoms with Crippen LogP contribution in [0.15, 0.2) is 42.5 Å². The number of rotatable bonds is 11. The molecule has 0 saturated carbocycles. The Morgan fingerprint density at radius 2 is 1.90 bits per heavy atom. The third kappa shape index (κ3) is 6.38. The maximum absolute atomic E-state index is 12.5. The van der Waals surface area contributed by atoms with Gasteiger partial charge in [0, 0.05) is 19.2 Å². The summed E-state index contributed by atoms with van der Waals surface area (Å²) in [6.45, 7) is -0.721. The van der Waals surface area contributed by atoms with Gasteiger partial charge in [0.1, 0.15) is 5.56 Å². The molecule has 1 N–H and O–H groups in total. The number of nitro benzene ring substituents is 1. The summed E-state index contributed by atoms with van der Waals surface area (Å²) in [6, 6.07) is 11.4. The first kappa shape index (κ1) is 23.0. The standard InChI is InChI=1S/C20H22F2N2O6/c1-13(14-7-4-3-5-8-14)29-10-6-9-23-19(25)15-11-17(28-2)18(30-20(21)22)12-16(15)24(26)27/h3-5,7-8,11-13,20H,6,9-10H2,1-2H3,(H,23,25). The molecule has 10 heteroatoms. The first-order chi connectivity index (χ1) is 14.3. The maximum Gasteiger partial charge on any atom is 0.387 e. The second-order valence-corrected chi connectivity index (χ2v) is 6.19. The molecule has 1 amide bonds. The topological polar surface area (TPSA) is 99.9 Å². The Morgan fingerprint density at radius 3 is 2.50 bits per heavy atom. The third-order valence-electron chi connectivity index (χ3n) is 4.18. The van der Waals surface area contributed by atoms with E-state index in [-0.39, 0.29) is 24.0 Å². The monoisotopic (exact) mass is 424 g/mol. The predicted octanol–water partition coefficient (Wildman–Crippen LogP) is 4.10. The van der Waals surface area contributed by atoms with E-state index < -0.39 is 28.9 Å². The number of halogens is 2. The van der Waals surface area contributed by atoms with Crippen LogP contribution >= 0.6 is 0 Å². The van der Waals surface area contributed by atoms with Crippen molar-refractivity contribution in [3.05, 3.63) is 63.7 Å².